The third-order valence-corrected chi connectivity index (χ3v) is 3.07. The van der Waals surface area contributed by atoms with E-state index in [2.05, 4.69) is 6.92 Å². The molecule has 0 saturated heterocycles. The summed E-state index contributed by atoms with van der Waals surface area (Å²) in [7, 11) is 0. The third kappa shape index (κ3) is 10.8. The molecule has 0 bridgehead atoms. The van der Waals surface area contributed by atoms with E-state index in [0.29, 0.717) is 6.42 Å². The Morgan fingerprint density at radius 2 is 1.79 bits per heavy atom. The fourth-order valence-corrected chi connectivity index (χ4v) is 2.00. The molecule has 0 aromatic heterocycles. The maximum atomic E-state index is 12.4. The zero-order valence-corrected chi connectivity index (χ0v) is 11.7. The lowest BCUT2D eigenvalue weighted by molar-refractivity contribution is -0.157. The fourth-order valence-electron chi connectivity index (χ4n) is 2.00. The van der Waals surface area contributed by atoms with Gasteiger partial charge in [-0.15, -0.1) is 0 Å². The largest absolute Gasteiger partial charge is 0.480 e. The lowest BCUT2D eigenvalue weighted by Crippen LogP contribution is -2.43. The van der Waals surface area contributed by atoms with Crippen LogP contribution in [-0.2, 0) is 4.79 Å². The van der Waals surface area contributed by atoms with Gasteiger partial charge in [-0.2, -0.15) is 13.2 Å². The predicted molar refractivity (Wildman–Crippen MR) is 68.1 cm³/mol. The second-order valence-electron chi connectivity index (χ2n) is 4.97. The van der Waals surface area contributed by atoms with E-state index in [9.17, 15) is 18.0 Å². The molecule has 1 N–H and O–H groups in total. The molecule has 1 atom stereocenters. The summed E-state index contributed by atoms with van der Waals surface area (Å²) in [6.45, 7) is 2.04. The molecule has 0 rings (SSSR count). The first kappa shape index (κ1) is 18.2. The van der Waals surface area contributed by atoms with E-state index >= 15 is 0 Å². The highest BCUT2D eigenvalue weighted by atomic mass is 19.4. The van der Waals surface area contributed by atoms with Gasteiger partial charge in [-0.3, -0.25) is 9.69 Å². The van der Waals surface area contributed by atoms with Gasteiger partial charge in [-0.1, -0.05) is 39.0 Å². The smallest absolute Gasteiger partial charge is 0.401 e. The lowest BCUT2D eigenvalue weighted by atomic mass is 10.1. The highest BCUT2D eigenvalue weighted by Crippen LogP contribution is 2.20. The van der Waals surface area contributed by atoms with Crippen LogP contribution < -0.4 is 0 Å². The van der Waals surface area contributed by atoms with Gasteiger partial charge in [-0.05, 0) is 13.3 Å². The number of unbranched alkanes of at least 4 members (excludes halogenated alkanes) is 4. The van der Waals surface area contributed by atoms with Crippen molar-refractivity contribution in [3.63, 3.8) is 0 Å². The first-order valence-electron chi connectivity index (χ1n) is 6.79. The number of halogens is 3. The molecule has 0 saturated carbocycles. The van der Waals surface area contributed by atoms with Gasteiger partial charge in [0.15, 0.2) is 0 Å². The van der Waals surface area contributed by atoms with Crippen molar-refractivity contribution in [3.05, 3.63) is 0 Å². The number of alkyl halides is 3. The van der Waals surface area contributed by atoms with E-state index in [4.69, 9.17) is 5.11 Å². The second-order valence-corrected chi connectivity index (χ2v) is 4.97. The van der Waals surface area contributed by atoms with E-state index in [1.165, 1.54) is 0 Å². The molecule has 0 aliphatic carbocycles. The molecule has 19 heavy (non-hydrogen) atoms. The molecule has 6 heteroatoms. The molecule has 0 aromatic rings. The van der Waals surface area contributed by atoms with Gasteiger partial charge in [0.1, 0.15) is 0 Å². The Kier molecular flexibility index (Phi) is 8.80. The van der Waals surface area contributed by atoms with E-state index in [1.807, 2.05) is 0 Å². The molecule has 0 radical (unpaired) electrons. The topological polar surface area (TPSA) is 40.5 Å². The number of carboxylic acids is 1. The summed E-state index contributed by atoms with van der Waals surface area (Å²) in [6, 6.07) is -0.362. The summed E-state index contributed by atoms with van der Waals surface area (Å²) < 4.78 is 37.1. The van der Waals surface area contributed by atoms with Crippen LogP contribution in [0.2, 0.25) is 0 Å². The Bertz CT molecular complexity index is 257. The van der Waals surface area contributed by atoms with Crippen LogP contribution in [-0.4, -0.2) is 41.3 Å². The van der Waals surface area contributed by atoms with Crippen molar-refractivity contribution in [2.75, 3.05) is 13.1 Å². The van der Waals surface area contributed by atoms with Crippen molar-refractivity contribution < 1.29 is 23.1 Å². The van der Waals surface area contributed by atoms with Gasteiger partial charge in [0.05, 0.1) is 13.1 Å². The average Bonchev–Trinajstić information content (AvgIpc) is 2.25. The Labute approximate surface area is 112 Å². The summed E-state index contributed by atoms with van der Waals surface area (Å²) >= 11 is 0. The summed E-state index contributed by atoms with van der Waals surface area (Å²) in [5, 5.41) is 8.66. The van der Waals surface area contributed by atoms with Gasteiger partial charge in [0.2, 0.25) is 0 Å². The SMILES string of the molecule is CCCCCCCC(C)N(CC(=O)O)CC(F)(F)F. The van der Waals surface area contributed by atoms with Crippen LogP contribution in [0.5, 0.6) is 0 Å². The molecule has 0 heterocycles. The minimum absolute atomic E-state index is 0.362. The normalized spacial score (nSPS) is 13.8. The van der Waals surface area contributed by atoms with Crippen molar-refractivity contribution in [1.82, 2.24) is 4.90 Å². The van der Waals surface area contributed by atoms with Crippen LogP contribution in [0.1, 0.15) is 52.4 Å². The van der Waals surface area contributed by atoms with Crippen LogP contribution in [0.25, 0.3) is 0 Å². The Balaban J connectivity index is 4.14. The first-order chi connectivity index (χ1) is 8.76. The minimum atomic E-state index is -4.36. The maximum absolute atomic E-state index is 12.4. The molecule has 0 fully saturated rings. The third-order valence-electron chi connectivity index (χ3n) is 3.07. The van der Waals surface area contributed by atoms with Crippen molar-refractivity contribution in [2.45, 2.75) is 64.6 Å². The molecule has 0 aliphatic heterocycles. The summed E-state index contributed by atoms with van der Waals surface area (Å²) in [6.07, 6.45) is 1.42. The Morgan fingerprint density at radius 3 is 2.26 bits per heavy atom. The van der Waals surface area contributed by atoms with Crippen LogP contribution in [0.15, 0.2) is 0 Å². The van der Waals surface area contributed by atoms with E-state index < -0.39 is 25.2 Å². The van der Waals surface area contributed by atoms with Gasteiger partial charge in [0.25, 0.3) is 0 Å². The van der Waals surface area contributed by atoms with E-state index in [1.54, 1.807) is 6.92 Å². The Hall–Kier alpha value is -0.780. The van der Waals surface area contributed by atoms with Crippen LogP contribution in [0.4, 0.5) is 13.2 Å². The molecule has 0 spiro atoms. The summed E-state index contributed by atoms with van der Waals surface area (Å²) in [5.41, 5.74) is 0. The second kappa shape index (κ2) is 9.18. The molecule has 0 amide bonds. The van der Waals surface area contributed by atoms with Crippen molar-refractivity contribution in [1.29, 1.82) is 0 Å². The van der Waals surface area contributed by atoms with Crippen molar-refractivity contribution >= 4 is 5.97 Å². The lowest BCUT2D eigenvalue weighted by Gasteiger charge is -2.28. The standard InChI is InChI=1S/C13H24F3NO2/c1-3-4-5-6-7-8-11(2)17(9-12(18)19)10-13(14,15)16/h11H,3-10H2,1-2H3,(H,18,19). The molecular formula is C13H24F3NO2. The van der Waals surface area contributed by atoms with E-state index in [-0.39, 0.29) is 6.04 Å². The predicted octanol–water partition coefficient (Wildman–Crippen LogP) is 3.68. The highest BCUT2D eigenvalue weighted by molar-refractivity contribution is 5.69. The number of hydrogen-bond donors (Lipinski definition) is 1. The highest BCUT2D eigenvalue weighted by Gasteiger charge is 2.33. The monoisotopic (exact) mass is 283 g/mol. The average molecular weight is 283 g/mol. The van der Waals surface area contributed by atoms with Gasteiger partial charge >= 0.3 is 12.1 Å². The molecular weight excluding hydrogens is 259 g/mol. The van der Waals surface area contributed by atoms with Crippen molar-refractivity contribution in [3.8, 4) is 0 Å². The van der Waals surface area contributed by atoms with Crippen molar-refractivity contribution in [2.24, 2.45) is 0 Å². The molecule has 3 nitrogen and oxygen atoms in total. The van der Waals surface area contributed by atoms with Crippen LogP contribution in [0, 0.1) is 0 Å². The van der Waals surface area contributed by atoms with Gasteiger partial charge < -0.3 is 5.11 Å². The van der Waals surface area contributed by atoms with E-state index in [0.717, 1.165) is 37.0 Å². The van der Waals surface area contributed by atoms with Crippen LogP contribution >= 0.6 is 0 Å². The zero-order valence-electron chi connectivity index (χ0n) is 11.7. The number of rotatable bonds is 10. The first-order valence-corrected chi connectivity index (χ1v) is 6.79. The maximum Gasteiger partial charge on any atom is 0.401 e. The summed E-state index contributed by atoms with van der Waals surface area (Å²) in [4.78, 5) is 11.6. The zero-order chi connectivity index (χ0) is 14.9. The quantitative estimate of drug-likeness (QED) is 0.622. The molecule has 1 unspecified atom stereocenters. The number of carbonyl (C=O) groups is 1. The van der Waals surface area contributed by atoms with Gasteiger partial charge in [0, 0.05) is 6.04 Å². The van der Waals surface area contributed by atoms with Crippen LogP contribution in [0.3, 0.4) is 0 Å². The fraction of sp³-hybridized carbons (Fsp3) is 0.923. The molecule has 114 valence electrons. The number of hydrogen-bond acceptors (Lipinski definition) is 2. The van der Waals surface area contributed by atoms with Gasteiger partial charge in [-0.25, -0.2) is 0 Å². The number of aliphatic carboxylic acids is 1. The number of nitrogens with zero attached hydrogens (tertiary/aromatic N) is 1. The molecule has 0 aliphatic rings. The number of carboxylic acid groups (broad SMARTS) is 1. The summed E-state index contributed by atoms with van der Waals surface area (Å²) in [5.74, 6) is -1.22. The molecule has 0 aromatic carbocycles. The minimum Gasteiger partial charge on any atom is -0.480 e. The Morgan fingerprint density at radius 1 is 1.21 bits per heavy atom.